The molecule has 0 spiro atoms. The molecule has 0 radical (unpaired) electrons. The molecule has 1 heterocycles. The highest BCUT2D eigenvalue weighted by Gasteiger charge is 2.26. The molecule has 2 aromatic rings. The topological polar surface area (TPSA) is 78.0 Å². The number of rotatable bonds is 5. The van der Waals surface area contributed by atoms with E-state index in [1.807, 2.05) is 24.3 Å². The molecule has 1 aliphatic carbocycles. The highest BCUT2D eigenvalue weighted by Crippen LogP contribution is 2.37. The first-order valence-corrected chi connectivity index (χ1v) is 6.78. The van der Waals surface area contributed by atoms with E-state index >= 15 is 0 Å². The molecule has 0 aliphatic heterocycles. The minimum atomic E-state index is -0.111. The third-order valence-electron chi connectivity index (χ3n) is 3.40. The number of aliphatic hydroxyl groups is 1. The molecule has 1 aromatic carbocycles. The first kappa shape index (κ1) is 12.9. The Labute approximate surface area is 116 Å². The molecule has 0 unspecified atom stereocenters. The molecule has 104 valence electrons. The van der Waals surface area contributed by atoms with E-state index in [1.54, 1.807) is 0 Å². The van der Waals surface area contributed by atoms with Gasteiger partial charge in [-0.25, -0.2) is 4.98 Å². The summed E-state index contributed by atoms with van der Waals surface area (Å²) in [6, 6.07) is 9.16. The molecule has 0 amide bonds. The predicted octanol–water partition coefficient (Wildman–Crippen LogP) is 1.75. The van der Waals surface area contributed by atoms with Crippen LogP contribution < -0.4 is 10.9 Å². The Hall–Kier alpha value is -2.14. The van der Waals surface area contributed by atoms with Crippen molar-refractivity contribution >= 4 is 5.82 Å². The van der Waals surface area contributed by atoms with E-state index in [0.29, 0.717) is 18.3 Å². The van der Waals surface area contributed by atoms with Crippen molar-refractivity contribution in [2.45, 2.75) is 31.9 Å². The van der Waals surface area contributed by atoms with Gasteiger partial charge in [0.2, 0.25) is 0 Å². The minimum absolute atomic E-state index is 0.0497. The number of benzene rings is 1. The second-order valence-corrected chi connectivity index (χ2v) is 5.12. The molecule has 1 saturated carbocycles. The normalized spacial score (nSPS) is 14.2. The monoisotopic (exact) mass is 271 g/mol. The number of aromatic amines is 1. The molecular weight excluding hydrogens is 254 g/mol. The van der Waals surface area contributed by atoms with Gasteiger partial charge in [-0.15, -0.1) is 0 Å². The van der Waals surface area contributed by atoms with Gasteiger partial charge in [0.05, 0.1) is 6.61 Å². The third-order valence-corrected chi connectivity index (χ3v) is 3.40. The van der Waals surface area contributed by atoms with Gasteiger partial charge in [0, 0.05) is 18.5 Å². The van der Waals surface area contributed by atoms with Crippen LogP contribution in [0.3, 0.4) is 0 Å². The zero-order chi connectivity index (χ0) is 13.9. The van der Waals surface area contributed by atoms with Gasteiger partial charge >= 0.3 is 0 Å². The van der Waals surface area contributed by atoms with Gasteiger partial charge in [-0.2, -0.15) is 0 Å². The SMILES string of the molecule is O=c1cc(NCc2ccc(CO)cc2)nc(C2CC2)[nH]1. The summed E-state index contributed by atoms with van der Waals surface area (Å²) >= 11 is 0. The van der Waals surface area contributed by atoms with Gasteiger partial charge in [0.1, 0.15) is 11.6 Å². The van der Waals surface area contributed by atoms with Crippen molar-refractivity contribution in [3.05, 3.63) is 57.6 Å². The Bertz CT molecular complexity index is 645. The fourth-order valence-corrected chi connectivity index (χ4v) is 2.07. The summed E-state index contributed by atoms with van der Waals surface area (Å²) in [6.45, 7) is 0.653. The van der Waals surface area contributed by atoms with Crippen molar-refractivity contribution in [3.8, 4) is 0 Å². The van der Waals surface area contributed by atoms with Crippen molar-refractivity contribution in [2.24, 2.45) is 0 Å². The second kappa shape index (κ2) is 5.46. The molecule has 0 bridgehead atoms. The maximum atomic E-state index is 11.6. The van der Waals surface area contributed by atoms with Crippen LogP contribution in [0.5, 0.6) is 0 Å². The van der Waals surface area contributed by atoms with E-state index in [4.69, 9.17) is 5.11 Å². The van der Waals surface area contributed by atoms with Gasteiger partial charge in [-0.3, -0.25) is 4.79 Å². The molecule has 3 N–H and O–H groups in total. The van der Waals surface area contributed by atoms with Crippen LogP contribution in [0.4, 0.5) is 5.82 Å². The Kier molecular flexibility index (Phi) is 3.52. The highest BCUT2D eigenvalue weighted by atomic mass is 16.3. The fourth-order valence-electron chi connectivity index (χ4n) is 2.07. The molecule has 0 atom stereocenters. The minimum Gasteiger partial charge on any atom is -0.392 e. The van der Waals surface area contributed by atoms with Crippen LogP contribution in [0.2, 0.25) is 0 Å². The Morgan fingerprint density at radius 1 is 1.25 bits per heavy atom. The largest absolute Gasteiger partial charge is 0.392 e. The lowest BCUT2D eigenvalue weighted by atomic mass is 10.1. The molecule has 0 saturated heterocycles. The van der Waals surface area contributed by atoms with Gasteiger partial charge in [0.15, 0.2) is 0 Å². The lowest BCUT2D eigenvalue weighted by Gasteiger charge is -2.07. The summed E-state index contributed by atoms with van der Waals surface area (Å²) in [5, 5.41) is 12.2. The predicted molar refractivity (Wildman–Crippen MR) is 76.5 cm³/mol. The van der Waals surface area contributed by atoms with Crippen LogP contribution in [-0.4, -0.2) is 15.1 Å². The summed E-state index contributed by atoms with van der Waals surface area (Å²) in [5.41, 5.74) is 1.86. The van der Waals surface area contributed by atoms with E-state index in [2.05, 4.69) is 15.3 Å². The number of nitrogens with one attached hydrogen (secondary N) is 2. The Balaban J connectivity index is 1.69. The Morgan fingerprint density at radius 3 is 2.60 bits per heavy atom. The first-order chi connectivity index (χ1) is 9.74. The lowest BCUT2D eigenvalue weighted by Crippen LogP contribution is -2.13. The number of hydrogen-bond acceptors (Lipinski definition) is 4. The van der Waals surface area contributed by atoms with Crippen LogP contribution in [0.1, 0.15) is 35.7 Å². The molecule has 5 nitrogen and oxygen atoms in total. The number of aromatic nitrogens is 2. The highest BCUT2D eigenvalue weighted by molar-refractivity contribution is 5.36. The van der Waals surface area contributed by atoms with Crippen molar-refractivity contribution in [1.29, 1.82) is 0 Å². The number of nitrogens with zero attached hydrogens (tertiary/aromatic N) is 1. The van der Waals surface area contributed by atoms with E-state index in [9.17, 15) is 4.79 Å². The smallest absolute Gasteiger partial charge is 0.252 e. The summed E-state index contributed by atoms with van der Waals surface area (Å²) < 4.78 is 0. The fraction of sp³-hybridized carbons (Fsp3) is 0.333. The van der Waals surface area contributed by atoms with Crippen molar-refractivity contribution in [3.63, 3.8) is 0 Å². The summed E-state index contributed by atoms with van der Waals surface area (Å²) in [6.07, 6.45) is 2.21. The lowest BCUT2D eigenvalue weighted by molar-refractivity contribution is 0.282. The van der Waals surface area contributed by atoms with Crippen molar-refractivity contribution in [1.82, 2.24) is 9.97 Å². The molecule has 5 heteroatoms. The molecule has 1 fully saturated rings. The maximum Gasteiger partial charge on any atom is 0.252 e. The zero-order valence-corrected chi connectivity index (χ0v) is 11.1. The maximum absolute atomic E-state index is 11.6. The number of hydrogen-bond donors (Lipinski definition) is 3. The van der Waals surface area contributed by atoms with E-state index in [-0.39, 0.29) is 12.2 Å². The van der Waals surface area contributed by atoms with E-state index in [0.717, 1.165) is 29.8 Å². The molecule has 1 aromatic heterocycles. The standard InChI is InChI=1S/C15H17N3O2/c19-9-11-3-1-10(2-4-11)8-16-13-7-14(20)18-15(17-13)12-5-6-12/h1-4,7,12,19H,5-6,8-9H2,(H2,16,17,18,20). The second-order valence-electron chi connectivity index (χ2n) is 5.12. The average molecular weight is 271 g/mol. The summed E-state index contributed by atoms with van der Waals surface area (Å²) in [7, 11) is 0. The zero-order valence-electron chi connectivity index (χ0n) is 11.1. The van der Waals surface area contributed by atoms with Crippen molar-refractivity contribution < 1.29 is 5.11 Å². The molecule has 3 rings (SSSR count). The van der Waals surface area contributed by atoms with Gasteiger partial charge in [0.25, 0.3) is 5.56 Å². The number of aliphatic hydroxyl groups excluding tert-OH is 1. The third kappa shape index (κ3) is 3.05. The van der Waals surface area contributed by atoms with Crippen molar-refractivity contribution in [2.75, 3.05) is 5.32 Å². The quantitative estimate of drug-likeness (QED) is 0.774. The first-order valence-electron chi connectivity index (χ1n) is 6.78. The van der Waals surface area contributed by atoms with E-state index in [1.165, 1.54) is 6.07 Å². The van der Waals surface area contributed by atoms with E-state index < -0.39 is 0 Å². The Morgan fingerprint density at radius 2 is 1.95 bits per heavy atom. The molecular formula is C15H17N3O2. The van der Waals surface area contributed by atoms with Gasteiger partial charge in [-0.1, -0.05) is 24.3 Å². The van der Waals surface area contributed by atoms with Crippen LogP contribution in [-0.2, 0) is 13.2 Å². The number of H-pyrrole nitrogens is 1. The summed E-state index contributed by atoms with van der Waals surface area (Å²) in [4.78, 5) is 18.8. The van der Waals surface area contributed by atoms with Crippen LogP contribution in [0.25, 0.3) is 0 Å². The molecule has 1 aliphatic rings. The average Bonchev–Trinajstić information content (AvgIpc) is 3.30. The van der Waals surface area contributed by atoms with Crippen LogP contribution in [0.15, 0.2) is 35.1 Å². The number of anilines is 1. The van der Waals surface area contributed by atoms with Gasteiger partial charge < -0.3 is 15.4 Å². The van der Waals surface area contributed by atoms with Crippen LogP contribution >= 0.6 is 0 Å². The molecule has 20 heavy (non-hydrogen) atoms. The van der Waals surface area contributed by atoms with Gasteiger partial charge in [-0.05, 0) is 24.0 Å². The van der Waals surface area contributed by atoms with Crippen LogP contribution in [0, 0.1) is 0 Å². The summed E-state index contributed by atoms with van der Waals surface area (Å²) in [5.74, 6) is 1.82.